The van der Waals surface area contributed by atoms with Gasteiger partial charge in [-0.3, -0.25) is 4.79 Å². The molecule has 1 saturated heterocycles. The first-order valence-corrected chi connectivity index (χ1v) is 15.3. The molecule has 0 bridgehead atoms. The summed E-state index contributed by atoms with van der Waals surface area (Å²) in [7, 11) is 2.19. The number of fused-ring (bicyclic) bond motifs is 9. The first-order chi connectivity index (χ1) is 20.5. The van der Waals surface area contributed by atoms with Crippen LogP contribution in [0.25, 0.3) is 43.6 Å². The number of likely N-dealkylation sites (N-methyl/N-ethyl adjacent to an activating group) is 1. The van der Waals surface area contributed by atoms with Crippen molar-refractivity contribution in [1.82, 2.24) is 29.6 Å². The Bertz CT molecular complexity index is 1860. The zero-order chi connectivity index (χ0) is 28.5. The van der Waals surface area contributed by atoms with Gasteiger partial charge in [-0.2, -0.15) is 0 Å². The van der Waals surface area contributed by atoms with Crippen LogP contribution in [-0.2, 0) is 26.2 Å². The molecule has 0 spiro atoms. The topological polar surface area (TPSA) is 97.9 Å². The summed E-state index contributed by atoms with van der Waals surface area (Å²) >= 11 is 0. The van der Waals surface area contributed by atoms with Crippen LogP contribution in [0.2, 0.25) is 0 Å². The molecule has 0 aliphatic carbocycles. The SMILES string of the molecule is CN1CCN(CCCNCc2ccc3c(c2)c2c4c(c5c6ccccc6n6c5c2n3CC(O)C(O)C6)CNC4=O)CC1. The molecule has 2 unspecified atom stereocenters. The van der Waals surface area contributed by atoms with Gasteiger partial charge in [0.05, 0.1) is 41.9 Å². The number of carbonyl (C=O) groups excluding carboxylic acids is 1. The predicted octanol–water partition coefficient (Wildman–Crippen LogP) is 2.61. The van der Waals surface area contributed by atoms with E-state index in [-0.39, 0.29) is 12.5 Å². The number of aromatic nitrogens is 2. The minimum atomic E-state index is -0.933. The van der Waals surface area contributed by atoms with E-state index >= 15 is 0 Å². The molecule has 218 valence electrons. The number of aliphatic hydroxyl groups is 2. The van der Waals surface area contributed by atoms with Crippen LogP contribution < -0.4 is 10.6 Å². The van der Waals surface area contributed by atoms with Crippen molar-refractivity contribution in [3.05, 3.63) is 59.2 Å². The number of amides is 1. The third-order valence-electron chi connectivity index (χ3n) is 9.77. The molecule has 4 N–H and O–H groups in total. The van der Waals surface area contributed by atoms with E-state index in [9.17, 15) is 15.0 Å². The summed E-state index contributed by atoms with van der Waals surface area (Å²) in [5, 5.41) is 33.0. The van der Waals surface area contributed by atoms with Crippen molar-refractivity contribution < 1.29 is 15.0 Å². The van der Waals surface area contributed by atoms with E-state index < -0.39 is 12.2 Å². The number of nitrogens with one attached hydrogen (secondary N) is 2. The first-order valence-electron chi connectivity index (χ1n) is 15.3. The second-order valence-electron chi connectivity index (χ2n) is 12.4. The molecule has 8 rings (SSSR count). The van der Waals surface area contributed by atoms with Crippen molar-refractivity contribution in [2.24, 2.45) is 0 Å². The van der Waals surface area contributed by atoms with Gasteiger partial charge in [-0.25, -0.2) is 0 Å². The van der Waals surface area contributed by atoms with Crippen molar-refractivity contribution in [2.75, 3.05) is 46.3 Å². The lowest BCUT2D eigenvalue weighted by atomic mass is 9.96. The Morgan fingerprint density at radius 2 is 1.62 bits per heavy atom. The van der Waals surface area contributed by atoms with Crippen LogP contribution in [0.3, 0.4) is 0 Å². The van der Waals surface area contributed by atoms with Crippen LogP contribution >= 0.6 is 0 Å². The van der Waals surface area contributed by atoms with Crippen molar-refractivity contribution in [3.8, 4) is 0 Å². The highest BCUT2D eigenvalue weighted by Crippen LogP contribution is 2.45. The van der Waals surface area contributed by atoms with Gasteiger partial charge >= 0.3 is 0 Å². The van der Waals surface area contributed by atoms with E-state index in [1.165, 1.54) is 5.56 Å². The van der Waals surface area contributed by atoms with Gasteiger partial charge < -0.3 is 39.8 Å². The summed E-state index contributed by atoms with van der Waals surface area (Å²) in [4.78, 5) is 18.4. The highest BCUT2D eigenvalue weighted by Gasteiger charge is 2.34. The normalized spacial score (nSPS) is 21.5. The monoisotopic (exact) mass is 566 g/mol. The van der Waals surface area contributed by atoms with Gasteiger partial charge in [0.1, 0.15) is 0 Å². The number of benzene rings is 3. The van der Waals surface area contributed by atoms with E-state index in [1.54, 1.807) is 0 Å². The van der Waals surface area contributed by atoms with E-state index in [4.69, 9.17) is 0 Å². The third-order valence-corrected chi connectivity index (χ3v) is 9.77. The van der Waals surface area contributed by atoms with Crippen LogP contribution in [0, 0.1) is 0 Å². The number of piperazine rings is 1. The molecule has 9 nitrogen and oxygen atoms in total. The average molecular weight is 567 g/mol. The van der Waals surface area contributed by atoms with Crippen LogP contribution in [0.15, 0.2) is 42.5 Å². The second-order valence-corrected chi connectivity index (χ2v) is 12.4. The summed E-state index contributed by atoms with van der Waals surface area (Å²) in [5.74, 6) is -0.0436. The lowest BCUT2D eigenvalue weighted by Crippen LogP contribution is -2.45. The molecule has 1 fully saturated rings. The maximum atomic E-state index is 13.4. The zero-order valence-corrected chi connectivity index (χ0v) is 24.1. The standard InChI is InChI=1S/C33H38N6O3/c1-36-11-13-37(14-12-36)10-4-9-34-16-20-7-8-25-22(15-20)29-30-23(17-35-33(30)42)28-21-5-2-3-6-24(21)38-18-26(40)27(41)19-39(25)32(29)31(28)38/h2-3,5-8,15,26-27,34,40-41H,4,9-14,16-19H2,1H3,(H,35,42). The molecule has 0 radical (unpaired) electrons. The molecule has 3 aliphatic heterocycles. The minimum absolute atomic E-state index is 0.0436. The minimum Gasteiger partial charge on any atom is -0.388 e. The Morgan fingerprint density at radius 3 is 2.40 bits per heavy atom. The Morgan fingerprint density at radius 1 is 0.905 bits per heavy atom. The van der Waals surface area contributed by atoms with Crippen molar-refractivity contribution in [3.63, 3.8) is 0 Å². The second kappa shape index (κ2) is 10.1. The van der Waals surface area contributed by atoms with Crippen LogP contribution in [0.1, 0.15) is 27.9 Å². The maximum absolute atomic E-state index is 13.4. The van der Waals surface area contributed by atoms with E-state index in [2.05, 4.69) is 66.9 Å². The molecular weight excluding hydrogens is 528 g/mol. The molecule has 3 aliphatic rings. The van der Waals surface area contributed by atoms with Crippen LogP contribution in [-0.4, -0.2) is 93.6 Å². The molecule has 2 atom stereocenters. The lowest BCUT2D eigenvalue weighted by Gasteiger charge is -2.32. The Hall–Kier alpha value is -3.47. The number of aliphatic hydroxyl groups excluding tert-OH is 2. The fourth-order valence-electron chi connectivity index (χ4n) is 7.56. The summed E-state index contributed by atoms with van der Waals surface area (Å²) in [6.45, 7) is 8.46. The lowest BCUT2D eigenvalue weighted by molar-refractivity contribution is 0.00168. The van der Waals surface area contributed by atoms with Gasteiger partial charge in [-0.05, 0) is 55.9 Å². The third kappa shape index (κ3) is 3.99. The van der Waals surface area contributed by atoms with Gasteiger partial charge in [0.2, 0.25) is 0 Å². The van der Waals surface area contributed by atoms with Gasteiger partial charge in [0.25, 0.3) is 5.91 Å². The van der Waals surface area contributed by atoms with Gasteiger partial charge in [0, 0.05) is 71.8 Å². The molecule has 0 saturated carbocycles. The number of nitrogens with zero attached hydrogens (tertiary/aromatic N) is 4. The van der Waals surface area contributed by atoms with Gasteiger partial charge in [-0.1, -0.05) is 24.3 Å². The molecule has 5 heterocycles. The highest BCUT2D eigenvalue weighted by molar-refractivity contribution is 6.30. The Balaban J connectivity index is 1.23. The summed E-state index contributed by atoms with van der Waals surface area (Å²) in [6, 6.07) is 14.7. The summed E-state index contributed by atoms with van der Waals surface area (Å²) < 4.78 is 4.29. The van der Waals surface area contributed by atoms with Crippen molar-refractivity contribution >= 4 is 49.5 Å². The molecular formula is C33H38N6O3. The van der Waals surface area contributed by atoms with Gasteiger partial charge in [-0.15, -0.1) is 0 Å². The van der Waals surface area contributed by atoms with E-state index in [1.807, 2.05) is 12.1 Å². The zero-order valence-electron chi connectivity index (χ0n) is 24.1. The van der Waals surface area contributed by atoms with Crippen LogP contribution in [0.4, 0.5) is 0 Å². The van der Waals surface area contributed by atoms with E-state index in [0.717, 1.165) is 107 Å². The Kier molecular flexibility index (Phi) is 6.28. The maximum Gasteiger partial charge on any atom is 0.252 e. The van der Waals surface area contributed by atoms with Crippen molar-refractivity contribution in [1.29, 1.82) is 0 Å². The van der Waals surface area contributed by atoms with Gasteiger partial charge in [0.15, 0.2) is 0 Å². The molecule has 42 heavy (non-hydrogen) atoms. The molecule has 2 aromatic heterocycles. The highest BCUT2D eigenvalue weighted by atomic mass is 16.3. The smallest absolute Gasteiger partial charge is 0.252 e. The summed E-state index contributed by atoms with van der Waals surface area (Å²) in [6.07, 6.45) is -0.731. The number of hydrogen-bond donors (Lipinski definition) is 4. The number of rotatable bonds is 6. The molecule has 5 aromatic rings. The summed E-state index contributed by atoms with van der Waals surface area (Å²) in [5.41, 5.74) is 6.93. The largest absolute Gasteiger partial charge is 0.388 e. The number of hydrogen-bond acceptors (Lipinski definition) is 6. The molecule has 1 amide bonds. The fraction of sp³-hybridized carbons (Fsp3) is 0.424. The molecule has 9 heteroatoms. The van der Waals surface area contributed by atoms with Crippen LogP contribution in [0.5, 0.6) is 0 Å². The fourth-order valence-corrected chi connectivity index (χ4v) is 7.56. The van der Waals surface area contributed by atoms with E-state index in [0.29, 0.717) is 13.1 Å². The number of para-hydroxylation sites is 1. The average Bonchev–Trinajstić information content (AvgIpc) is 3.63. The first kappa shape index (κ1) is 26.2. The predicted molar refractivity (Wildman–Crippen MR) is 166 cm³/mol. The number of carbonyl (C=O) groups is 1. The van der Waals surface area contributed by atoms with Crippen molar-refractivity contribution in [2.45, 2.75) is 44.8 Å². The quantitative estimate of drug-likeness (QED) is 0.236. The molecule has 3 aromatic carbocycles. The Labute approximate surface area is 244 Å².